The Morgan fingerprint density at radius 2 is 1.21 bits per heavy atom. The SMILES string of the molecule is CC(=O)Nc1ccn([C@@H]2O[C@H](COC(c3ccccc3)(c3ccccc3)c3ccccc3)[C@@H](OS(C)(=O)=O)[C@H]2OS(C)(=O)=O)c(=O)n1.CS(=O)(=O)Cl. The number of aromatic nitrogens is 2. The zero-order valence-electron chi connectivity index (χ0n) is 28.2. The molecule has 0 spiro atoms. The topological polar surface area (TPSA) is 203 Å². The van der Waals surface area contributed by atoms with E-state index in [1.54, 1.807) is 0 Å². The molecule has 0 unspecified atom stereocenters. The van der Waals surface area contributed by atoms with Gasteiger partial charge in [-0.2, -0.15) is 21.8 Å². The molecule has 1 amide bonds. The average molecular weight is 798 g/mol. The molecule has 280 valence electrons. The summed E-state index contributed by atoms with van der Waals surface area (Å²) >= 11 is 0. The first-order chi connectivity index (χ1) is 24.3. The number of nitrogens with one attached hydrogen (secondary N) is 1. The van der Waals surface area contributed by atoms with Crippen molar-refractivity contribution < 1.29 is 47.9 Å². The van der Waals surface area contributed by atoms with Gasteiger partial charge in [-0.15, -0.1) is 0 Å². The molecule has 0 radical (unpaired) electrons. The Morgan fingerprint density at radius 1 is 0.788 bits per heavy atom. The molecule has 3 aromatic carbocycles. The maximum atomic E-state index is 13.1. The van der Waals surface area contributed by atoms with Crippen molar-refractivity contribution in [2.24, 2.45) is 0 Å². The number of rotatable bonds is 12. The summed E-state index contributed by atoms with van der Waals surface area (Å²) in [5.41, 5.74) is 0.0310. The quantitative estimate of drug-likeness (QED) is 0.125. The second-order valence-electron chi connectivity index (χ2n) is 11.6. The van der Waals surface area contributed by atoms with Crippen molar-refractivity contribution >= 4 is 51.7 Å². The number of ether oxygens (including phenoxy) is 2. The Kier molecular flexibility index (Phi) is 13.1. The number of carbonyl (C=O) groups excluding carboxylic acids is 1. The van der Waals surface area contributed by atoms with E-state index in [-0.39, 0.29) is 12.4 Å². The minimum absolute atomic E-state index is 0.0560. The summed E-state index contributed by atoms with van der Waals surface area (Å²) in [6.45, 7) is 0.881. The first kappa shape index (κ1) is 40.8. The van der Waals surface area contributed by atoms with Gasteiger partial charge in [-0.05, 0) is 22.8 Å². The lowest BCUT2D eigenvalue weighted by Crippen LogP contribution is -2.43. The van der Waals surface area contributed by atoms with Crippen LogP contribution in [0.3, 0.4) is 0 Å². The third-order valence-corrected chi connectivity index (χ3v) is 8.41. The molecule has 0 saturated carbocycles. The number of hydrogen-bond acceptors (Lipinski definition) is 13. The zero-order valence-corrected chi connectivity index (χ0v) is 31.4. The van der Waals surface area contributed by atoms with E-state index in [4.69, 9.17) is 17.8 Å². The fourth-order valence-electron chi connectivity index (χ4n) is 5.52. The predicted molar refractivity (Wildman–Crippen MR) is 192 cm³/mol. The van der Waals surface area contributed by atoms with E-state index in [1.807, 2.05) is 91.0 Å². The van der Waals surface area contributed by atoms with E-state index in [1.165, 1.54) is 19.2 Å². The third kappa shape index (κ3) is 11.2. The summed E-state index contributed by atoms with van der Waals surface area (Å²) in [4.78, 5) is 28.4. The van der Waals surface area contributed by atoms with E-state index >= 15 is 0 Å². The van der Waals surface area contributed by atoms with Gasteiger partial charge in [0.1, 0.15) is 23.6 Å². The van der Waals surface area contributed by atoms with Gasteiger partial charge >= 0.3 is 5.69 Å². The Hall–Kier alpha value is -4.01. The van der Waals surface area contributed by atoms with Gasteiger partial charge in [0.25, 0.3) is 20.2 Å². The Bertz CT molecular complexity index is 2120. The van der Waals surface area contributed by atoms with E-state index in [0.717, 1.165) is 40.0 Å². The van der Waals surface area contributed by atoms with Crippen LogP contribution >= 0.6 is 10.7 Å². The molecule has 1 aliphatic heterocycles. The summed E-state index contributed by atoms with van der Waals surface area (Å²) in [6.07, 6.45) is -2.37. The van der Waals surface area contributed by atoms with Crippen LogP contribution in [-0.4, -0.2) is 84.4 Å². The second-order valence-corrected chi connectivity index (χ2v) is 17.8. The Balaban J connectivity index is 0.00000113. The summed E-state index contributed by atoms with van der Waals surface area (Å²) < 4.78 is 93.4. The van der Waals surface area contributed by atoms with Crippen molar-refractivity contribution in [3.05, 3.63) is 130 Å². The van der Waals surface area contributed by atoms with Crippen LogP contribution in [0.25, 0.3) is 0 Å². The van der Waals surface area contributed by atoms with Gasteiger partial charge in [-0.3, -0.25) is 17.7 Å². The molecule has 0 aliphatic carbocycles. The van der Waals surface area contributed by atoms with Crippen molar-refractivity contribution in [2.75, 3.05) is 30.7 Å². The minimum atomic E-state index is -4.26. The Labute approximate surface area is 306 Å². The second kappa shape index (κ2) is 16.8. The lowest BCUT2D eigenvalue weighted by atomic mass is 9.80. The van der Waals surface area contributed by atoms with Crippen molar-refractivity contribution in [1.29, 1.82) is 0 Å². The number of carbonyl (C=O) groups is 1. The third-order valence-electron chi connectivity index (χ3n) is 7.27. The highest BCUT2D eigenvalue weighted by atomic mass is 35.7. The van der Waals surface area contributed by atoms with Gasteiger partial charge in [0.05, 0.1) is 25.4 Å². The molecule has 1 saturated heterocycles. The summed E-state index contributed by atoms with van der Waals surface area (Å²) in [6, 6.07) is 29.4. The van der Waals surface area contributed by atoms with E-state index in [9.17, 15) is 34.8 Å². The lowest BCUT2D eigenvalue weighted by molar-refractivity contribution is -0.114. The molecule has 1 fully saturated rings. The predicted octanol–water partition coefficient (Wildman–Crippen LogP) is 2.98. The molecule has 19 heteroatoms. The minimum Gasteiger partial charge on any atom is -0.358 e. The molecule has 1 N–H and O–H groups in total. The van der Waals surface area contributed by atoms with Gasteiger partial charge in [0, 0.05) is 23.8 Å². The molecule has 1 aliphatic rings. The molecule has 0 bridgehead atoms. The van der Waals surface area contributed by atoms with Crippen molar-refractivity contribution in [3.63, 3.8) is 0 Å². The number of hydrogen-bond donors (Lipinski definition) is 1. The van der Waals surface area contributed by atoms with Gasteiger partial charge in [0.15, 0.2) is 12.3 Å². The molecule has 15 nitrogen and oxygen atoms in total. The maximum absolute atomic E-state index is 13.1. The molecule has 2 heterocycles. The number of benzene rings is 3. The van der Waals surface area contributed by atoms with Crippen LogP contribution in [0, 0.1) is 0 Å². The van der Waals surface area contributed by atoms with E-state index < -0.39 is 71.0 Å². The molecule has 5 rings (SSSR count). The van der Waals surface area contributed by atoms with E-state index in [2.05, 4.69) is 21.0 Å². The Morgan fingerprint density at radius 3 is 1.60 bits per heavy atom. The van der Waals surface area contributed by atoms with Crippen LogP contribution < -0.4 is 11.0 Å². The molecule has 1 aromatic heterocycles. The smallest absolute Gasteiger partial charge is 0.351 e. The lowest BCUT2D eigenvalue weighted by Gasteiger charge is -2.37. The fourth-order valence-corrected chi connectivity index (χ4v) is 6.77. The summed E-state index contributed by atoms with van der Waals surface area (Å²) in [5.74, 6) is -0.526. The highest BCUT2D eigenvalue weighted by Gasteiger charge is 2.52. The van der Waals surface area contributed by atoms with Crippen LogP contribution in [0.2, 0.25) is 0 Å². The van der Waals surface area contributed by atoms with Crippen LogP contribution in [-0.2, 0) is 57.5 Å². The van der Waals surface area contributed by atoms with Gasteiger partial charge in [0.2, 0.25) is 15.0 Å². The monoisotopic (exact) mass is 797 g/mol. The van der Waals surface area contributed by atoms with Crippen molar-refractivity contribution in [2.45, 2.75) is 37.1 Å². The molecular weight excluding hydrogens is 762 g/mol. The van der Waals surface area contributed by atoms with Crippen molar-refractivity contribution in [3.8, 4) is 0 Å². The summed E-state index contributed by atoms with van der Waals surface area (Å²) in [7, 11) is -7.19. The van der Waals surface area contributed by atoms with E-state index in [0.29, 0.717) is 0 Å². The maximum Gasteiger partial charge on any atom is 0.351 e. The molecule has 52 heavy (non-hydrogen) atoms. The number of anilines is 1. The van der Waals surface area contributed by atoms with Gasteiger partial charge in [-0.25, -0.2) is 13.2 Å². The number of amides is 1. The first-order valence-corrected chi connectivity index (χ1v) is 21.6. The first-order valence-electron chi connectivity index (χ1n) is 15.3. The average Bonchev–Trinajstić information content (AvgIpc) is 3.35. The highest BCUT2D eigenvalue weighted by molar-refractivity contribution is 8.13. The summed E-state index contributed by atoms with van der Waals surface area (Å²) in [5, 5.41) is 2.39. The molecule has 4 atom stereocenters. The molecular formula is C33H36ClN3O12S3. The highest BCUT2D eigenvalue weighted by Crippen LogP contribution is 2.42. The number of halogens is 1. The normalized spacial score (nSPS) is 19.3. The van der Waals surface area contributed by atoms with Crippen molar-refractivity contribution in [1.82, 2.24) is 9.55 Å². The van der Waals surface area contributed by atoms with Crippen LogP contribution in [0.5, 0.6) is 0 Å². The zero-order chi connectivity index (χ0) is 38.3. The van der Waals surface area contributed by atoms with Gasteiger partial charge < -0.3 is 14.8 Å². The van der Waals surface area contributed by atoms with Crippen LogP contribution in [0.15, 0.2) is 108 Å². The largest absolute Gasteiger partial charge is 0.358 e. The van der Waals surface area contributed by atoms with Crippen LogP contribution in [0.1, 0.15) is 29.8 Å². The van der Waals surface area contributed by atoms with Gasteiger partial charge in [-0.1, -0.05) is 91.0 Å². The fraction of sp³-hybridized carbons (Fsp3) is 0.303. The molecule has 4 aromatic rings. The number of nitrogens with zero attached hydrogens (tertiary/aromatic N) is 2. The standard InChI is InChI=1S/C32H33N3O10S2.CH3ClO2S/c1-22(36)33-27-19-20-35(31(37)34-27)30-29(45-47(3,40)41)28(44-46(2,38)39)26(43-30)21-42-32(23-13-7-4-8-14-23,24-15-9-5-10-16-24)25-17-11-6-12-18-25;1-5(2,3)4/h4-20,26,28-30H,21H2,1-3H3,(H,33,34,36,37);1H3/t26-,28-,29-,30-;/m1./s1. The van der Waals surface area contributed by atoms with Crippen LogP contribution in [0.4, 0.5) is 5.82 Å².